The van der Waals surface area contributed by atoms with E-state index in [0.29, 0.717) is 18.7 Å². The van der Waals surface area contributed by atoms with Gasteiger partial charge in [0.1, 0.15) is 5.02 Å². The van der Waals surface area contributed by atoms with Crippen molar-refractivity contribution in [1.29, 1.82) is 0 Å². The van der Waals surface area contributed by atoms with E-state index in [4.69, 9.17) is 18.0 Å². The molecule has 1 unspecified atom stereocenters. The van der Waals surface area contributed by atoms with E-state index < -0.39 is 0 Å². The lowest BCUT2D eigenvalue weighted by Crippen LogP contribution is -2.25. The average Bonchev–Trinajstić information content (AvgIpc) is 2.25. The maximum Gasteiger partial charge on any atom is 0.287 e. The number of anilines is 1. The Kier molecular flexibility index (Phi) is 4.39. The van der Waals surface area contributed by atoms with Crippen LogP contribution >= 0.6 is 11.6 Å². The number of hydrogen-bond acceptors (Lipinski definition) is 3. The highest BCUT2D eigenvalue weighted by Gasteiger charge is 2.09. The Morgan fingerprint density at radius 1 is 1.75 bits per heavy atom. The molecule has 0 saturated carbocycles. The van der Waals surface area contributed by atoms with Gasteiger partial charge < -0.3 is 5.32 Å². The summed E-state index contributed by atoms with van der Waals surface area (Å²) in [6, 6.07) is 0.0566. The van der Waals surface area contributed by atoms with Crippen LogP contribution < -0.4 is 10.9 Å². The van der Waals surface area contributed by atoms with Crippen LogP contribution in [-0.2, 0) is 6.54 Å². The van der Waals surface area contributed by atoms with E-state index in [1.54, 1.807) is 6.20 Å². The van der Waals surface area contributed by atoms with E-state index in [2.05, 4.69) is 16.3 Å². The average molecular weight is 240 g/mol. The smallest absolute Gasteiger partial charge is 0.287 e. The molecule has 0 fully saturated rings. The molecule has 0 aliphatic heterocycles. The molecule has 1 aromatic rings. The van der Waals surface area contributed by atoms with Crippen LogP contribution in [0, 0.1) is 12.3 Å². The number of halogens is 1. The van der Waals surface area contributed by atoms with Gasteiger partial charge in [0, 0.05) is 19.0 Å². The molecule has 1 rings (SSSR count). The van der Waals surface area contributed by atoms with Crippen LogP contribution in [0.1, 0.15) is 20.3 Å². The molecule has 86 valence electrons. The van der Waals surface area contributed by atoms with Gasteiger partial charge >= 0.3 is 0 Å². The SMILES string of the molecule is C#CCC(C)Nc1cnn(CC)c(=O)c1Cl. The van der Waals surface area contributed by atoms with Crippen molar-refractivity contribution in [2.45, 2.75) is 32.9 Å². The number of terminal acetylenes is 1. The molecular weight excluding hydrogens is 226 g/mol. The fraction of sp³-hybridized carbons (Fsp3) is 0.455. The van der Waals surface area contributed by atoms with Crippen molar-refractivity contribution < 1.29 is 0 Å². The van der Waals surface area contributed by atoms with Crippen molar-refractivity contribution in [1.82, 2.24) is 9.78 Å². The normalized spacial score (nSPS) is 11.9. The molecule has 1 N–H and O–H groups in total. The fourth-order valence-corrected chi connectivity index (χ4v) is 1.49. The van der Waals surface area contributed by atoms with Crippen molar-refractivity contribution in [3.8, 4) is 12.3 Å². The summed E-state index contributed by atoms with van der Waals surface area (Å²) >= 11 is 5.93. The molecule has 1 heterocycles. The standard InChI is InChI=1S/C11H14ClN3O/c1-4-6-8(3)14-9-7-13-15(5-2)11(16)10(9)12/h1,7-8,14H,5-6H2,2-3H3. The molecule has 1 atom stereocenters. The van der Waals surface area contributed by atoms with Crippen LogP contribution in [-0.4, -0.2) is 15.8 Å². The van der Waals surface area contributed by atoms with Crippen molar-refractivity contribution in [2.75, 3.05) is 5.32 Å². The highest BCUT2D eigenvalue weighted by atomic mass is 35.5. The lowest BCUT2D eigenvalue weighted by Gasteiger charge is -2.13. The summed E-state index contributed by atoms with van der Waals surface area (Å²) in [4.78, 5) is 11.6. The van der Waals surface area contributed by atoms with Gasteiger partial charge in [-0.2, -0.15) is 5.10 Å². The number of nitrogens with zero attached hydrogens (tertiary/aromatic N) is 2. The van der Waals surface area contributed by atoms with E-state index in [-0.39, 0.29) is 16.6 Å². The van der Waals surface area contributed by atoms with Crippen LogP contribution in [0.15, 0.2) is 11.0 Å². The third-order valence-electron chi connectivity index (χ3n) is 2.11. The van der Waals surface area contributed by atoms with Gasteiger partial charge in [0.15, 0.2) is 0 Å². The van der Waals surface area contributed by atoms with Crippen LogP contribution in [0.3, 0.4) is 0 Å². The maximum atomic E-state index is 11.6. The largest absolute Gasteiger partial charge is 0.379 e. The van der Waals surface area contributed by atoms with Gasteiger partial charge in [-0.3, -0.25) is 4.79 Å². The second-order valence-electron chi connectivity index (χ2n) is 3.45. The van der Waals surface area contributed by atoms with Gasteiger partial charge in [-0.05, 0) is 13.8 Å². The number of nitrogens with one attached hydrogen (secondary N) is 1. The minimum absolute atomic E-state index is 0.0566. The van der Waals surface area contributed by atoms with Crippen molar-refractivity contribution in [3.05, 3.63) is 21.6 Å². The van der Waals surface area contributed by atoms with Crippen molar-refractivity contribution >= 4 is 17.3 Å². The molecule has 0 aromatic carbocycles. The lowest BCUT2D eigenvalue weighted by molar-refractivity contribution is 0.615. The Labute approximate surface area is 99.6 Å². The van der Waals surface area contributed by atoms with Crippen LogP contribution in [0.25, 0.3) is 0 Å². The number of aromatic nitrogens is 2. The summed E-state index contributed by atoms with van der Waals surface area (Å²) in [5.41, 5.74) is 0.237. The monoisotopic (exact) mass is 239 g/mol. The van der Waals surface area contributed by atoms with Gasteiger partial charge in [0.05, 0.1) is 11.9 Å². The molecule has 5 heteroatoms. The Morgan fingerprint density at radius 2 is 2.44 bits per heavy atom. The topological polar surface area (TPSA) is 46.9 Å². The van der Waals surface area contributed by atoms with Crippen LogP contribution in [0.4, 0.5) is 5.69 Å². The first-order chi connectivity index (χ1) is 7.60. The summed E-state index contributed by atoms with van der Waals surface area (Å²) in [6.45, 7) is 4.25. The minimum Gasteiger partial charge on any atom is -0.379 e. The molecule has 0 radical (unpaired) electrons. The molecule has 0 aliphatic carbocycles. The molecule has 4 nitrogen and oxygen atoms in total. The molecule has 1 aromatic heterocycles. The molecular formula is C11H14ClN3O. The fourth-order valence-electron chi connectivity index (χ4n) is 1.28. The maximum absolute atomic E-state index is 11.6. The molecule has 0 spiro atoms. The predicted molar refractivity (Wildman–Crippen MR) is 65.7 cm³/mol. The Bertz CT molecular complexity index is 461. The second-order valence-corrected chi connectivity index (χ2v) is 3.82. The summed E-state index contributed by atoms with van der Waals surface area (Å²) in [7, 11) is 0. The lowest BCUT2D eigenvalue weighted by atomic mass is 10.2. The predicted octanol–water partition coefficient (Wildman–Crippen LogP) is 1.74. The van der Waals surface area contributed by atoms with E-state index in [1.165, 1.54) is 4.68 Å². The third-order valence-corrected chi connectivity index (χ3v) is 2.48. The number of rotatable bonds is 4. The first-order valence-electron chi connectivity index (χ1n) is 5.05. The number of aryl methyl sites for hydroxylation is 1. The van der Waals surface area contributed by atoms with Crippen molar-refractivity contribution in [2.24, 2.45) is 0 Å². The van der Waals surface area contributed by atoms with E-state index >= 15 is 0 Å². The van der Waals surface area contributed by atoms with Gasteiger partial charge in [0.2, 0.25) is 0 Å². The van der Waals surface area contributed by atoms with Crippen LogP contribution in [0.2, 0.25) is 5.02 Å². The zero-order valence-electron chi connectivity index (χ0n) is 9.33. The van der Waals surface area contributed by atoms with Gasteiger partial charge in [-0.15, -0.1) is 12.3 Å². The third kappa shape index (κ3) is 2.77. The molecule has 0 aliphatic rings. The molecule has 0 bridgehead atoms. The first kappa shape index (κ1) is 12.6. The molecule has 0 amide bonds. The zero-order chi connectivity index (χ0) is 12.1. The van der Waals surface area contributed by atoms with Gasteiger partial charge in [-0.1, -0.05) is 11.6 Å². The van der Waals surface area contributed by atoms with E-state index in [9.17, 15) is 4.79 Å². The van der Waals surface area contributed by atoms with Crippen molar-refractivity contribution in [3.63, 3.8) is 0 Å². The summed E-state index contributed by atoms with van der Waals surface area (Å²) in [6.07, 6.45) is 7.30. The number of hydrogen-bond donors (Lipinski definition) is 1. The summed E-state index contributed by atoms with van der Waals surface area (Å²) in [5, 5.41) is 7.18. The van der Waals surface area contributed by atoms with Gasteiger partial charge in [-0.25, -0.2) is 4.68 Å². The minimum atomic E-state index is -0.290. The zero-order valence-corrected chi connectivity index (χ0v) is 10.1. The summed E-state index contributed by atoms with van der Waals surface area (Å²) in [5.74, 6) is 2.54. The molecule has 0 saturated heterocycles. The van der Waals surface area contributed by atoms with E-state index in [0.717, 1.165) is 0 Å². The highest BCUT2D eigenvalue weighted by Crippen LogP contribution is 2.16. The summed E-state index contributed by atoms with van der Waals surface area (Å²) < 4.78 is 1.30. The van der Waals surface area contributed by atoms with Gasteiger partial charge in [0.25, 0.3) is 5.56 Å². The second kappa shape index (κ2) is 5.57. The molecule has 16 heavy (non-hydrogen) atoms. The Hall–Kier alpha value is -1.47. The van der Waals surface area contributed by atoms with E-state index in [1.807, 2.05) is 13.8 Å². The Morgan fingerprint density at radius 3 is 3.00 bits per heavy atom. The quantitative estimate of drug-likeness (QED) is 0.815. The highest BCUT2D eigenvalue weighted by molar-refractivity contribution is 6.32. The van der Waals surface area contributed by atoms with Crippen LogP contribution in [0.5, 0.6) is 0 Å². The first-order valence-corrected chi connectivity index (χ1v) is 5.43. The Balaban J connectivity index is 2.96.